The number of ether oxygens (including phenoxy) is 1. The van der Waals surface area contributed by atoms with E-state index in [0.717, 1.165) is 6.42 Å². The standard InChI is InChI=1S/C10H20BrNO2/c1-6-8(7(2)11)12-9(13)14-10(3,4)5/h7-8H,6H2,1-5H3,(H,12,13). The predicted octanol–water partition coefficient (Wildman–Crippen LogP) is 3.07. The lowest BCUT2D eigenvalue weighted by Gasteiger charge is -2.24. The summed E-state index contributed by atoms with van der Waals surface area (Å²) in [4.78, 5) is 11.6. The highest BCUT2D eigenvalue weighted by Crippen LogP contribution is 2.10. The second-order valence-corrected chi connectivity index (χ2v) is 5.78. The minimum Gasteiger partial charge on any atom is -0.444 e. The highest BCUT2D eigenvalue weighted by Gasteiger charge is 2.20. The first-order chi connectivity index (χ1) is 6.26. The molecule has 0 saturated carbocycles. The van der Waals surface area contributed by atoms with Gasteiger partial charge in [-0.05, 0) is 27.2 Å². The van der Waals surface area contributed by atoms with Crippen molar-refractivity contribution in [3.05, 3.63) is 0 Å². The number of amides is 1. The van der Waals surface area contributed by atoms with Crippen molar-refractivity contribution in [1.29, 1.82) is 0 Å². The van der Waals surface area contributed by atoms with Gasteiger partial charge in [-0.3, -0.25) is 0 Å². The first-order valence-corrected chi connectivity index (χ1v) is 5.81. The van der Waals surface area contributed by atoms with E-state index in [1.165, 1.54) is 0 Å². The van der Waals surface area contributed by atoms with Gasteiger partial charge in [0.1, 0.15) is 5.60 Å². The Kier molecular flexibility index (Phi) is 5.49. The van der Waals surface area contributed by atoms with Crippen molar-refractivity contribution in [3.8, 4) is 0 Å². The van der Waals surface area contributed by atoms with E-state index in [-0.39, 0.29) is 17.0 Å². The molecule has 0 aliphatic rings. The summed E-state index contributed by atoms with van der Waals surface area (Å²) in [5.41, 5.74) is -0.433. The van der Waals surface area contributed by atoms with Crippen LogP contribution in [0.3, 0.4) is 0 Å². The fourth-order valence-corrected chi connectivity index (χ4v) is 1.51. The van der Waals surface area contributed by atoms with E-state index in [9.17, 15) is 4.79 Å². The van der Waals surface area contributed by atoms with Gasteiger partial charge in [0, 0.05) is 10.9 Å². The Morgan fingerprint density at radius 1 is 1.50 bits per heavy atom. The SMILES string of the molecule is CCC(NC(=O)OC(C)(C)C)C(C)Br. The number of hydrogen-bond donors (Lipinski definition) is 1. The van der Waals surface area contributed by atoms with Crippen LogP contribution in [0.1, 0.15) is 41.0 Å². The maximum Gasteiger partial charge on any atom is 0.407 e. The fourth-order valence-electron chi connectivity index (χ4n) is 1.00. The second-order valence-electron chi connectivity index (χ2n) is 4.34. The van der Waals surface area contributed by atoms with E-state index in [2.05, 4.69) is 21.2 Å². The summed E-state index contributed by atoms with van der Waals surface area (Å²) in [6.07, 6.45) is 0.529. The van der Waals surface area contributed by atoms with Gasteiger partial charge in [0.05, 0.1) is 0 Å². The first-order valence-electron chi connectivity index (χ1n) is 4.90. The zero-order chi connectivity index (χ0) is 11.4. The Balaban J connectivity index is 4.04. The molecule has 0 aromatic rings. The molecule has 0 spiro atoms. The minimum absolute atomic E-state index is 0.116. The molecule has 1 amide bonds. The topological polar surface area (TPSA) is 38.3 Å². The van der Waals surface area contributed by atoms with Crippen molar-refractivity contribution < 1.29 is 9.53 Å². The lowest BCUT2D eigenvalue weighted by atomic mass is 10.2. The van der Waals surface area contributed by atoms with Crippen LogP contribution in [0.5, 0.6) is 0 Å². The number of nitrogens with one attached hydrogen (secondary N) is 1. The van der Waals surface area contributed by atoms with Crippen molar-refractivity contribution in [2.45, 2.75) is 57.5 Å². The van der Waals surface area contributed by atoms with E-state index < -0.39 is 5.60 Å². The van der Waals surface area contributed by atoms with Gasteiger partial charge in [-0.2, -0.15) is 0 Å². The summed E-state index contributed by atoms with van der Waals surface area (Å²) in [5.74, 6) is 0. The van der Waals surface area contributed by atoms with Gasteiger partial charge in [0.15, 0.2) is 0 Å². The molecule has 0 aromatic carbocycles. The number of hydrogen-bond acceptors (Lipinski definition) is 2. The smallest absolute Gasteiger partial charge is 0.407 e. The Labute approximate surface area is 94.7 Å². The lowest BCUT2D eigenvalue weighted by Crippen LogP contribution is -2.42. The molecule has 0 saturated heterocycles. The molecule has 0 aliphatic carbocycles. The molecule has 2 unspecified atom stereocenters. The van der Waals surface area contributed by atoms with E-state index >= 15 is 0 Å². The van der Waals surface area contributed by atoms with Gasteiger partial charge < -0.3 is 10.1 Å². The molecule has 0 rings (SSSR count). The molecular weight excluding hydrogens is 246 g/mol. The minimum atomic E-state index is -0.433. The van der Waals surface area contributed by atoms with E-state index in [0.29, 0.717) is 0 Å². The molecule has 2 atom stereocenters. The highest BCUT2D eigenvalue weighted by molar-refractivity contribution is 9.09. The fraction of sp³-hybridized carbons (Fsp3) is 0.900. The van der Waals surface area contributed by atoms with Crippen LogP contribution in [0.4, 0.5) is 4.79 Å². The number of rotatable bonds is 3. The molecule has 0 fully saturated rings. The van der Waals surface area contributed by atoms with Gasteiger partial charge in [0.25, 0.3) is 0 Å². The van der Waals surface area contributed by atoms with Gasteiger partial charge in [-0.15, -0.1) is 0 Å². The van der Waals surface area contributed by atoms with Crippen LogP contribution in [0.2, 0.25) is 0 Å². The molecule has 0 aliphatic heterocycles. The van der Waals surface area contributed by atoms with E-state index in [4.69, 9.17) is 4.74 Å². The summed E-state index contributed by atoms with van der Waals surface area (Å²) in [5, 5.41) is 2.81. The molecule has 0 heterocycles. The zero-order valence-corrected chi connectivity index (χ0v) is 11.1. The summed E-state index contributed by atoms with van der Waals surface area (Å²) in [6, 6.07) is 0.116. The van der Waals surface area contributed by atoms with E-state index in [1.807, 2.05) is 34.6 Å². The Hall–Kier alpha value is -0.250. The van der Waals surface area contributed by atoms with Crippen LogP contribution in [-0.4, -0.2) is 22.6 Å². The van der Waals surface area contributed by atoms with Gasteiger partial charge >= 0.3 is 6.09 Å². The molecule has 3 nitrogen and oxygen atoms in total. The van der Waals surface area contributed by atoms with Gasteiger partial charge in [-0.1, -0.05) is 29.8 Å². The number of carbonyl (C=O) groups is 1. The Morgan fingerprint density at radius 2 is 2.00 bits per heavy atom. The molecule has 14 heavy (non-hydrogen) atoms. The predicted molar refractivity (Wildman–Crippen MR) is 61.8 cm³/mol. The lowest BCUT2D eigenvalue weighted by molar-refractivity contribution is 0.0503. The number of alkyl halides is 1. The van der Waals surface area contributed by atoms with Crippen molar-refractivity contribution in [2.75, 3.05) is 0 Å². The number of alkyl carbamates (subject to hydrolysis) is 1. The third-order valence-electron chi connectivity index (χ3n) is 1.70. The third kappa shape index (κ3) is 6.24. The maximum atomic E-state index is 11.4. The van der Waals surface area contributed by atoms with Crippen LogP contribution < -0.4 is 5.32 Å². The third-order valence-corrected chi connectivity index (χ3v) is 2.33. The van der Waals surface area contributed by atoms with Gasteiger partial charge in [-0.25, -0.2) is 4.79 Å². The molecular formula is C10H20BrNO2. The summed E-state index contributed by atoms with van der Waals surface area (Å²) in [6.45, 7) is 9.59. The van der Waals surface area contributed by atoms with Crippen molar-refractivity contribution in [1.82, 2.24) is 5.32 Å². The molecule has 4 heteroatoms. The average Bonchev–Trinajstić information content (AvgIpc) is 1.96. The van der Waals surface area contributed by atoms with Crippen molar-refractivity contribution in [3.63, 3.8) is 0 Å². The zero-order valence-electron chi connectivity index (χ0n) is 9.56. The van der Waals surface area contributed by atoms with Crippen molar-refractivity contribution >= 4 is 22.0 Å². The average molecular weight is 266 g/mol. The van der Waals surface area contributed by atoms with Crippen LogP contribution in [0.25, 0.3) is 0 Å². The van der Waals surface area contributed by atoms with Gasteiger partial charge in [0.2, 0.25) is 0 Å². The number of carbonyl (C=O) groups excluding carboxylic acids is 1. The van der Waals surface area contributed by atoms with Crippen molar-refractivity contribution in [2.24, 2.45) is 0 Å². The molecule has 1 N–H and O–H groups in total. The van der Waals surface area contributed by atoms with Crippen LogP contribution in [-0.2, 0) is 4.74 Å². The number of halogens is 1. The Morgan fingerprint density at radius 3 is 2.29 bits per heavy atom. The maximum absolute atomic E-state index is 11.4. The molecule has 0 bridgehead atoms. The first kappa shape index (κ1) is 13.8. The summed E-state index contributed by atoms with van der Waals surface area (Å²) in [7, 11) is 0. The quantitative estimate of drug-likeness (QED) is 0.797. The monoisotopic (exact) mass is 265 g/mol. The molecule has 0 aromatic heterocycles. The summed E-state index contributed by atoms with van der Waals surface area (Å²) < 4.78 is 5.15. The Bertz CT molecular complexity index is 187. The highest BCUT2D eigenvalue weighted by atomic mass is 79.9. The van der Waals surface area contributed by atoms with Crippen LogP contribution in [0.15, 0.2) is 0 Å². The second kappa shape index (κ2) is 5.59. The summed E-state index contributed by atoms with van der Waals surface area (Å²) >= 11 is 3.44. The van der Waals surface area contributed by atoms with E-state index in [1.54, 1.807) is 0 Å². The van der Waals surface area contributed by atoms with Crippen LogP contribution in [0, 0.1) is 0 Å². The molecule has 0 radical (unpaired) electrons. The van der Waals surface area contributed by atoms with Crippen LogP contribution >= 0.6 is 15.9 Å². The molecule has 84 valence electrons. The largest absolute Gasteiger partial charge is 0.444 e. The normalized spacial score (nSPS) is 15.9.